The lowest BCUT2D eigenvalue weighted by molar-refractivity contribution is -0.138. The van der Waals surface area contributed by atoms with Crippen molar-refractivity contribution < 1.29 is 15.0 Å². The summed E-state index contributed by atoms with van der Waals surface area (Å²) in [6.45, 7) is 9.41. The molecule has 0 spiro atoms. The fraction of sp³-hybridized carbons (Fsp3) is 0.923. The molecule has 3 heteroatoms. The Bertz CT molecular complexity index is 216. The van der Waals surface area contributed by atoms with Crippen LogP contribution in [0, 0.1) is 17.3 Å². The molecule has 16 heavy (non-hydrogen) atoms. The number of Topliss-reactive ketones (excluding diaryl/α,β-unsaturated/α-hetero) is 1. The first-order valence-corrected chi connectivity index (χ1v) is 6.03. The molecule has 0 aromatic carbocycles. The molecule has 0 heterocycles. The number of carbonyl (C=O) groups excluding carboxylic acids is 1. The van der Waals surface area contributed by atoms with Crippen molar-refractivity contribution in [3.8, 4) is 0 Å². The first-order chi connectivity index (χ1) is 7.20. The van der Waals surface area contributed by atoms with E-state index in [0.29, 0.717) is 12.3 Å². The third kappa shape index (κ3) is 5.08. The standard InChI is InChI=1S/C13H26O3/c1-9(2)6-7-10(8-14)11(15)12(16)13(3,4)5/h9-11,14-15H,6-8H2,1-5H3/t10-,11+/m1/s1. The SMILES string of the molecule is CC(C)CC[C@H](CO)[C@H](O)C(=O)C(C)(C)C. The van der Waals surface area contributed by atoms with Gasteiger partial charge in [0.05, 0.1) is 0 Å². The van der Waals surface area contributed by atoms with Gasteiger partial charge in [0.2, 0.25) is 0 Å². The minimum Gasteiger partial charge on any atom is -0.396 e. The maximum absolute atomic E-state index is 11.8. The minimum absolute atomic E-state index is 0.129. The van der Waals surface area contributed by atoms with E-state index in [1.54, 1.807) is 20.8 Å². The normalized spacial score (nSPS) is 16.2. The molecule has 2 N–H and O–H groups in total. The van der Waals surface area contributed by atoms with E-state index in [9.17, 15) is 15.0 Å². The highest BCUT2D eigenvalue weighted by Gasteiger charge is 2.33. The van der Waals surface area contributed by atoms with Gasteiger partial charge in [-0.25, -0.2) is 0 Å². The molecular formula is C13H26O3. The Morgan fingerprint density at radius 3 is 2.00 bits per heavy atom. The quantitative estimate of drug-likeness (QED) is 0.734. The van der Waals surface area contributed by atoms with Crippen molar-refractivity contribution in [3.05, 3.63) is 0 Å². The number of ketones is 1. The molecule has 96 valence electrons. The van der Waals surface area contributed by atoms with E-state index in [0.717, 1.165) is 6.42 Å². The second kappa shape index (κ2) is 6.36. The van der Waals surface area contributed by atoms with E-state index in [2.05, 4.69) is 13.8 Å². The summed E-state index contributed by atoms with van der Waals surface area (Å²) in [5.41, 5.74) is -0.551. The van der Waals surface area contributed by atoms with Gasteiger partial charge in [-0.3, -0.25) is 4.79 Å². The number of carbonyl (C=O) groups is 1. The van der Waals surface area contributed by atoms with Crippen molar-refractivity contribution in [3.63, 3.8) is 0 Å². The van der Waals surface area contributed by atoms with Gasteiger partial charge in [-0.15, -0.1) is 0 Å². The van der Waals surface area contributed by atoms with Gasteiger partial charge in [-0.2, -0.15) is 0 Å². The molecule has 0 bridgehead atoms. The summed E-state index contributed by atoms with van der Waals surface area (Å²) >= 11 is 0. The van der Waals surface area contributed by atoms with Crippen LogP contribution in [0.1, 0.15) is 47.5 Å². The lowest BCUT2D eigenvalue weighted by Gasteiger charge is -2.26. The van der Waals surface area contributed by atoms with E-state index in [1.807, 2.05) is 0 Å². The van der Waals surface area contributed by atoms with E-state index >= 15 is 0 Å². The van der Waals surface area contributed by atoms with Crippen LogP contribution in [-0.4, -0.2) is 28.7 Å². The van der Waals surface area contributed by atoms with Crippen molar-refractivity contribution in [1.82, 2.24) is 0 Å². The van der Waals surface area contributed by atoms with Gasteiger partial charge in [-0.05, 0) is 12.3 Å². The Balaban J connectivity index is 4.41. The minimum atomic E-state index is -1.04. The van der Waals surface area contributed by atoms with Gasteiger partial charge in [0.15, 0.2) is 5.78 Å². The van der Waals surface area contributed by atoms with Gasteiger partial charge in [0.1, 0.15) is 6.10 Å². The Labute approximate surface area is 98.9 Å². The highest BCUT2D eigenvalue weighted by molar-refractivity contribution is 5.87. The average Bonchev–Trinajstić information content (AvgIpc) is 2.15. The highest BCUT2D eigenvalue weighted by Crippen LogP contribution is 2.23. The van der Waals surface area contributed by atoms with Crippen LogP contribution >= 0.6 is 0 Å². The first-order valence-electron chi connectivity index (χ1n) is 6.03. The fourth-order valence-electron chi connectivity index (χ4n) is 1.55. The molecule has 0 rings (SSSR count). The number of hydrogen-bond acceptors (Lipinski definition) is 3. The molecule has 3 nitrogen and oxygen atoms in total. The molecule has 0 aliphatic heterocycles. The Hall–Kier alpha value is -0.410. The highest BCUT2D eigenvalue weighted by atomic mass is 16.3. The monoisotopic (exact) mass is 230 g/mol. The van der Waals surface area contributed by atoms with E-state index < -0.39 is 11.5 Å². The fourth-order valence-corrected chi connectivity index (χ4v) is 1.55. The largest absolute Gasteiger partial charge is 0.396 e. The maximum Gasteiger partial charge on any atom is 0.166 e. The Morgan fingerprint density at radius 1 is 1.19 bits per heavy atom. The summed E-state index contributed by atoms with van der Waals surface area (Å²) in [6.07, 6.45) is 0.570. The molecule has 0 saturated heterocycles. The first kappa shape index (κ1) is 15.6. The van der Waals surface area contributed by atoms with Gasteiger partial charge in [0.25, 0.3) is 0 Å². The van der Waals surface area contributed by atoms with Crippen molar-refractivity contribution >= 4 is 5.78 Å². The summed E-state index contributed by atoms with van der Waals surface area (Å²) in [5, 5.41) is 19.1. The summed E-state index contributed by atoms with van der Waals surface area (Å²) < 4.78 is 0. The van der Waals surface area contributed by atoms with Crippen LogP contribution in [0.2, 0.25) is 0 Å². The van der Waals surface area contributed by atoms with Gasteiger partial charge in [-0.1, -0.05) is 41.0 Å². The summed E-state index contributed by atoms with van der Waals surface area (Å²) in [6, 6.07) is 0. The van der Waals surface area contributed by atoms with Crippen molar-refractivity contribution in [2.75, 3.05) is 6.61 Å². The van der Waals surface area contributed by atoms with Crippen LogP contribution in [0.4, 0.5) is 0 Å². The van der Waals surface area contributed by atoms with Gasteiger partial charge in [0, 0.05) is 17.9 Å². The summed E-state index contributed by atoms with van der Waals surface area (Å²) in [4.78, 5) is 11.8. The number of rotatable bonds is 6. The number of aliphatic hydroxyl groups is 2. The molecule has 0 aliphatic rings. The van der Waals surface area contributed by atoms with E-state index in [1.165, 1.54) is 0 Å². The van der Waals surface area contributed by atoms with Crippen LogP contribution in [0.15, 0.2) is 0 Å². The summed E-state index contributed by atoms with van der Waals surface area (Å²) in [5.74, 6) is 0.00965. The predicted octanol–water partition coefficient (Wildman–Crippen LogP) is 2.01. The second-order valence-corrected chi connectivity index (χ2v) is 5.97. The van der Waals surface area contributed by atoms with Crippen molar-refractivity contribution in [2.24, 2.45) is 17.3 Å². The third-order valence-corrected chi connectivity index (χ3v) is 2.80. The second-order valence-electron chi connectivity index (χ2n) is 5.97. The smallest absolute Gasteiger partial charge is 0.166 e. The predicted molar refractivity (Wildman–Crippen MR) is 65.1 cm³/mol. The number of hydrogen-bond donors (Lipinski definition) is 2. The lowest BCUT2D eigenvalue weighted by Crippen LogP contribution is -2.39. The molecule has 0 saturated carbocycles. The lowest BCUT2D eigenvalue weighted by atomic mass is 9.81. The van der Waals surface area contributed by atoms with Crippen LogP contribution in [0.5, 0.6) is 0 Å². The van der Waals surface area contributed by atoms with Crippen molar-refractivity contribution in [2.45, 2.75) is 53.6 Å². The Kier molecular flexibility index (Phi) is 6.19. The summed E-state index contributed by atoms with van der Waals surface area (Å²) in [7, 11) is 0. The average molecular weight is 230 g/mol. The maximum atomic E-state index is 11.8. The molecule has 0 radical (unpaired) electrons. The molecule has 0 unspecified atom stereocenters. The number of aliphatic hydroxyl groups excluding tert-OH is 2. The van der Waals surface area contributed by atoms with Gasteiger partial charge >= 0.3 is 0 Å². The van der Waals surface area contributed by atoms with E-state index in [-0.39, 0.29) is 18.3 Å². The molecular weight excluding hydrogens is 204 g/mol. The van der Waals surface area contributed by atoms with Crippen LogP contribution in [0.3, 0.4) is 0 Å². The molecule has 0 aromatic rings. The molecule has 0 aliphatic carbocycles. The van der Waals surface area contributed by atoms with Crippen LogP contribution < -0.4 is 0 Å². The topological polar surface area (TPSA) is 57.5 Å². The molecule has 0 fully saturated rings. The zero-order chi connectivity index (χ0) is 12.9. The zero-order valence-electron chi connectivity index (χ0n) is 11.2. The van der Waals surface area contributed by atoms with Crippen molar-refractivity contribution in [1.29, 1.82) is 0 Å². The molecule has 2 atom stereocenters. The zero-order valence-corrected chi connectivity index (χ0v) is 11.2. The van der Waals surface area contributed by atoms with E-state index in [4.69, 9.17) is 0 Å². The van der Waals surface area contributed by atoms with Gasteiger partial charge < -0.3 is 10.2 Å². The van der Waals surface area contributed by atoms with Crippen LogP contribution in [0.25, 0.3) is 0 Å². The van der Waals surface area contributed by atoms with Crippen LogP contribution in [-0.2, 0) is 4.79 Å². The molecule has 0 amide bonds. The third-order valence-electron chi connectivity index (χ3n) is 2.80. The Morgan fingerprint density at radius 2 is 1.69 bits per heavy atom. The molecule has 0 aromatic heterocycles.